The lowest BCUT2D eigenvalue weighted by atomic mass is 10.2. The summed E-state index contributed by atoms with van der Waals surface area (Å²) in [5, 5.41) is 6.63. The molecule has 6 nitrogen and oxygen atoms in total. The molecule has 0 aliphatic carbocycles. The predicted molar refractivity (Wildman–Crippen MR) is 89.6 cm³/mol. The van der Waals surface area contributed by atoms with Crippen LogP contribution in [0.4, 0.5) is 8.78 Å². The van der Waals surface area contributed by atoms with Gasteiger partial charge in [-0.25, -0.2) is 13.5 Å². The number of halogens is 2. The van der Waals surface area contributed by atoms with Crippen molar-refractivity contribution in [2.24, 2.45) is 0 Å². The van der Waals surface area contributed by atoms with E-state index in [1.165, 1.54) is 29.1 Å². The molecule has 1 unspecified atom stereocenters. The highest BCUT2D eigenvalue weighted by atomic mass is 19.1. The van der Waals surface area contributed by atoms with Gasteiger partial charge in [-0.2, -0.15) is 5.10 Å². The molecule has 1 atom stereocenters. The molecule has 3 rings (SSSR count). The molecular formula is C18H15F2N3O3. The minimum absolute atomic E-state index is 0.0406. The van der Waals surface area contributed by atoms with Crippen molar-refractivity contribution in [2.45, 2.75) is 13.0 Å². The second kappa shape index (κ2) is 7.30. The highest BCUT2D eigenvalue weighted by Gasteiger charge is 2.18. The Morgan fingerprint density at radius 1 is 1.19 bits per heavy atom. The summed E-state index contributed by atoms with van der Waals surface area (Å²) in [6.45, 7) is 1.61. The Kier molecular flexibility index (Phi) is 4.92. The lowest BCUT2D eigenvalue weighted by molar-refractivity contribution is 0.0939. The third-order valence-electron chi connectivity index (χ3n) is 3.76. The Bertz CT molecular complexity index is 963. The second-order valence-electron chi connectivity index (χ2n) is 5.63. The van der Waals surface area contributed by atoms with Crippen LogP contribution in [0, 0.1) is 11.6 Å². The maximum atomic E-state index is 13.6. The number of benzene rings is 1. The van der Waals surface area contributed by atoms with Crippen LogP contribution in [0.5, 0.6) is 0 Å². The van der Waals surface area contributed by atoms with E-state index in [4.69, 9.17) is 4.42 Å². The molecule has 2 heterocycles. The fraction of sp³-hybridized carbons (Fsp3) is 0.167. The molecule has 2 aromatic heterocycles. The van der Waals surface area contributed by atoms with Gasteiger partial charge in [0.15, 0.2) is 5.76 Å². The van der Waals surface area contributed by atoms with Crippen LogP contribution in [0.25, 0.3) is 11.5 Å². The summed E-state index contributed by atoms with van der Waals surface area (Å²) in [7, 11) is 0. The molecule has 3 aromatic rings. The number of amides is 1. The SMILES string of the molecule is CC(CNC(=O)c1c(F)cccc1F)n1nc(-c2ccco2)ccc1=O. The third-order valence-corrected chi connectivity index (χ3v) is 3.76. The molecule has 8 heteroatoms. The lowest BCUT2D eigenvalue weighted by Crippen LogP contribution is -2.35. The molecule has 0 radical (unpaired) electrons. The van der Waals surface area contributed by atoms with Crippen LogP contribution >= 0.6 is 0 Å². The van der Waals surface area contributed by atoms with Crippen molar-refractivity contribution in [3.05, 3.63) is 76.3 Å². The Balaban J connectivity index is 1.76. The van der Waals surface area contributed by atoms with E-state index in [9.17, 15) is 18.4 Å². The van der Waals surface area contributed by atoms with Gasteiger partial charge in [0.2, 0.25) is 0 Å². The van der Waals surface area contributed by atoms with Crippen LogP contribution in [-0.4, -0.2) is 22.2 Å². The number of rotatable bonds is 5. The van der Waals surface area contributed by atoms with Gasteiger partial charge < -0.3 is 9.73 Å². The van der Waals surface area contributed by atoms with Gasteiger partial charge in [-0.15, -0.1) is 0 Å². The number of carbonyl (C=O) groups excluding carboxylic acids is 1. The van der Waals surface area contributed by atoms with Crippen LogP contribution in [0.3, 0.4) is 0 Å². The van der Waals surface area contributed by atoms with Gasteiger partial charge in [0.25, 0.3) is 11.5 Å². The van der Waals surface area contributed by atoms with Crippen LogP contribution < -0.4 is 10.9 Å². The lowest BCUT2D eigenvalue weighted by Gasteiger charge is -2.15. The largest absolute Gasteiger partial charge is 0.463 e. The van der Waals surface area contributed by atoms with Gasteiger partial charge >= 0.3 is 0 Å². The topological polar surface area (TPSA) is 77.1 Å². The zero-order valence-corrected chi connectivity index (χ0v) is 13.8. The minimum atomic E-state index is -0.953. The molecule has 0 bridgehead atoms. The van der Waals surface area contributed by atoms with Gasteiger partial charge in [0.1, 0.15) is 22.9 Å². The van der Waals surface area contributed by atoms with E-state index in [-0.39, 0.29) is 12.1 Å². The summed E-state index contributed by atoms with van der Waals surface area (Å²) in [4.78, 5) is 24.1. The van der Waals surface area contributed by atoms with E-state index in [0.29, 0.717) is 11.5 Å². The number of furan rings is 1. The average Bonchev–Trinajstić information content (AvgIpc) is 3.14. The van der Waals surface area contributed by atoms with Crippen LogP contribution in [-0.2, 0) is 0 Å². The summed E-state index contributed by atoms with van der Waals surface area (Å²) < 4.78 is 33.7. The first-order chi connectivity index (χ1) is 12.5. The molecule has 0 aliphatic rings. The van der Waals surface area contributed by atoms with E-state index in [0.717, 1.165) is 12.1 Å². The van der Waals surface area contributed by atoms with Crippen molar-refractivity contribution in [1.82, 2.24) is 15.1 Å². The van der Waals surface area contributed by atoms with Crippen LogP contribution in [0.15, 0.2) is 57.9 Å². The summed E-state index contributed by atoms with van der Waals surface area (Å²) in [6.07, 6.45) is 1.49. The zero-order valence-electron chi connectivity index (χ0n) is 13.8. The first kappa shape index (κ1) is 17.5. The number of carbonyl (C=O) groups is 1. The van der Waals surface area contributed by atoms with E-state index < -0.39 is 29.1 Å². The molecular weight excluding hydrogens is 344 g/mol. The van der Waals surface area contributed by atoms with Crippen molar-refractivity contribution in [2.75, 3.05) is 6.54 Å². The van der Waals surface area contributed by atoms with Crippen molar-refractivity contribution < 1.29 is 18.0 Å². The zero-order chi connectivity index (χ0) is 18.7. The molecule has 0 saturated heterocycles. The fourth-order valence-corrected chi connectivity index (χ4v) is 2.43. The van der Waals surface area contributed by atoms with Crippen molar-refractivity contribution >= 4 is 5.91 Å². The average molecular weight is 359 g/mol. The highest BCUT2D eigenvalue weighted by Crippen LogP contribution is 2.16. The number of aromatic nitrogens is 2. The van der Waals surface area contributed by atoms with Gasteiger partial charge in [0.05, 0.1) is 12.3 Å². The first-order valence-electron chi connectivity index (χ1n) is 7.83. The van der Waals surface area contributed by atoms with Crippen molar-refractivity contribution in [3.63, 3.8) is 0 Å². The molecule has 0 fully saturated rings. The first-order valence-corrected chi connectivity index (χ1v) is 7.83. The van der Waals surface area contributed by atoms with Crippen molar-refractivity contribution in [1.29, 1.82) is 0 Å². The summed E-state index contributed by atoms with van der Waals surface area (Å²) >= 11 is 0. The molecule has 134 valence electrons. The summed E-state index contributed by atoms with van der Waals surface area (Å²) in [5.74, 6) is -2.32. The second-order valence-corrected chi connectivity index (χ2v) is 5.63. The predicted octanol–water partition coefficient (Wildman–Crippen LogP) is 2.77. The Morgan fingerprint density at radius 2 is 1.92 bits per heavy atom. The molecule has 1 N–H and O–H groups in total. The number of nitrogens with one attached hydrogen (secondary N) is 1. The molecule has 0 spiro atoms. The normalized spacial score (nSPS) is 12.0. The van der Waals surface area contributed by atoms with Gasteiger partial charge in [0, 0.05) is 12.6 Å². The van der Waals surface area contributed by atoms with Crippen LogP contribution in [0.2, 0.25) is 0 Å². The summed E-state index contributed by atoms with van der Waals surface area (Å²) in [6, 6.07) is 8.88. The molecule has 1 amide bonds. The van der Waals surface area contributed by atoms with Gasteiger partial charge in [-0.3, -0.25) is 9.59 Å². The number of hydrogen-bond acceptors (Lipinski definition) is 4. The molecule has 0 saturated carbocycles. The van der Waals surface area contributed by atoms with Crippen molar-refractivity contribution in [3.8, 4) is 11.5 Å². The summed E-state index contributed by atoms with van der Waals surface area (Å²) in [5.41, 5.74) is -0.587. The quantitative estimate of drug-likeness (QED) is 0.760. The smallest absolute Gasteiger partial charge is 0.267 e. The van der Waals surface area contributed by atoms with E-state index in [1.807, 2.05) is 0 Å². The highest BCUT2D eigenvalue weighted by molar-refractivity contribution is 5.94. The van der Waals surface area contributed by atoms with Gasteiger partial charge in [-0.1, -0.05) is 6.07 Å². The van der Waals surface area contributed by atoms with E-state index in [2.05, 4.69) is 10.4 Å². The monoisotopic (exact) mass is 359 g/mol. The standard InChI is InChI=1S/C18H15F2N3O3/c1-11(10-21-18(25)17-12(19)4-2-5-13(17)20)23-16(24)8-7-14(22-23)15-6-3-9-26-15/h2-9,11H,10H2,1H3,(H,21,25). The molecule has 26 heavy (non-hydrogen) atoms. The van der Waals surface area contributed by atoms with E-state index >= 15 is 0 Å². The number of hydrogen-bond donors (Lipinski definition) is 1. The molecule has 1 aromatic carbocycles. The van der Waals surface area contributed by atoms with Gasteiger partial charge in [-0.05, 0) is 37.3 Å². The maximum absolute atomic E-state index is 13.6. The fourth-order valence-electron chi connectivity index (χ4n) is 2.43. The van der Waals surface area contributed by atoms with Crippen LogP contribution in [0.1, 0.15) is 23.3 Å². The molecule has 0 aliphatic heterocycles. The Morgan fingerprint density at radius 3 is 2.58 bits per heavy atom. The third kappa shape index (κ3) is 3.53. The maximum Gasteiger partial charge on any atom is 0.267 e. The van der Waals surface area contributed by atoms with E-state index in [1.54, 1.807) is 19.1 Å². The Hall–Kier alpha value is -3.29. The minimum Gasteiger partial charge on any atom is -0.463 e. The number of nitrogens with zero attached hydrogens (tertiary/aromatic N) is 2. The Labute approximate surface area is 147 Å².